The van der Waals surface area contributed by atoms with E-state index in [4.69, 9.17) is 11.6 Å². The van der Waals surface area contributed by atoms with Crippen LogP contribution in [0.25, 0.3) is 0 Å². The lowest BCUT2D eigenvalue weighted by Gasteiger charge is -1.84. The van der Waals surface area contributed by atoms with Gasteiger partial charge in [-0.25, -0.2) is 4.68 Å². The summed E-state index contributed by atoms with van der Waals surface area (Å²) >= 11 is 5.24. The van der Waals surface area contributed by atoms with E-state index in [-0.39, 0.29) is 11.6 Å². The Labute approximate surface area is 61.4 Å². The fourth-order valence-electron chi connectivity index (χ4n) is 0.615. The third-order valence-electron chi connectivity index (χ3n) is 1.12. The van der Waals surface area contributed by atoms with Gasteiger partial charge in [0, 0.05) is 7.05 Å². The van der Waals surface area contributed by atoms with Crippen LogP contribution in [-0.2, 0) is 12.9 Å². The van der Waals surface area contributed by atoms with Crippen molar-refractivity contribution < 1.29 is 8.78 Å². The molecule has 2 nitrogen and oxygen atoms in total. The Kier molecular flexibility index (Phi) is 1.89. The van der Waals surface area contributed by atoms with Gasteiger partial charge in [-0.15, -0.1) is 11.6 Å². The monoisotopic (exact) mass is 166 g/mol. The Bertz CT molecular complexity index is 246. The SMILES string of the molecule is Cn1nc(CCl)c(F)c1F. The molecule has 0 N–H and O–H groups in total. The maximum Gasteiger partial charge on any atom is 0.247 e. The quantitative estimate of drug-likeness (QED) is 0.578. The number of aryl methyl sites for hydroxylation is 1. The molecule has 0 aliphatic heterocycles. The second-order valence-electron chi connectivity index (χ2n) is 1.81. The number of halogens is 3. The minimum atomic E-state index is -0.976. The molecule has 1 aromatic heterocycles. The van der Waals surface area contributed by atoms with E-state index in [0.29, 0.717) is 0 Å². The molecule has 1 heterocycles. The Morgan fingerprint density at radius 1 is 1.60 bits per heavy atom. The molecule has 0 fully saturated rings. The zero-order valence-electron chi connectivity index (χ0n) is 5.24. The van der Waals surface area contributed by atoms with E-state index >= 15 is 0 Å². The largest absolute Gasteiger partial charge is 0.247 e. The van der Waals surface area contributed by atoms with Crippen molar-refractivity contribution in [2.75, 3.05) is 0 Å². The normalized spacial score (nSPS) is 10.4. The van der Waals surface area contributed by atoms with Gasteiger partial charge in [0.15, 0.2) is 0 Å². The van der Waals surface area contributed by atoms with Crippen molar-refractivity contribution in [3.05, 3.63) is 17.5 Å². The summed E-state index contributed by atoms with van der Waals surface area (Å²) in [6, 6.07) is 0. The van der Waals surface area contributed by atoms with E-state index < -0.39 is 11.8 Å². The summed E-state index contributed by atoms with van der Waals surface area (Å²) in [5.74, 6) is -2.04. The van der Waals surface area contributed by atoms with Crippen LogP contribution in [0, 0.1) is 11.8 Å². The van der Waals surface area contributed by atoms with Gasteiger partial charge in [0.05, 0.1) is 5.88 Å². The summed E-state index contributed by atoms with van der Waals surface area (Å²) in [7, 11) is 1.31. The topological polar surface area (TPSA) is 17.8 Å². The summed E-state index contributed by atoms with van der Waals surface area (Å²) in [6.07, 6.45) is 0. The van der Waals surface area contributed by atoms with Crippen molar-refractivity contribution in [3.63, 3.8) is 0 Å². The minimum absolute atomic E-state index is 0.0540. The molecule has 0 aliphatic carbocycles. The fraction of sp³-hybridized carbons (Fsp3) is 0.400. The first-order valence-electron chi connectivity index (χ1n) is 2.59. The average molecular weight is 167 g/mol. The lowest BCUT2D eigenvalue weighted by atomic mass is 10.5. The summed E-state index contributed by atoms with van der Waals surface area (Å²) in [4.78, 5) is 0. The molecule has 1 rings (SSSR count). The van der Waals surface area contributed by atoms with Gasteiger partial charge < -0.3 is 0 Å². The van der Waals surface area contributed by atoms with Gasteiger partial charge in [-0.2, -0.15) is 13.9 Å². The van der Waals surface area contributed by atoms with Crippen molar-refractivity contribution in [2.24, 2.45) is 7.05 Å². The van der Waals surface area contributed by atoms with E-state index in [1.54, 1.807) is 0 Å². The molecule has 1 aromatic rings. The molecule has 0 saturated heterocycles. The van der Waals surface area contributed by atoms with Gasteiger partial charge in [-0.1, -0.05) is 0 Å². The molecule has 0 amide bonds. The Morgan fingerprint density at radius 3 is 2.40 bits per heavy atom. The van der Waals surface area contributed by atoms with Crippen LogP contribution in [0.5, 0.6) is 0 Å². The Hall–Kier alpha value is -0.640. The van der Waals surface area contributed by atoms with Crippen LogP contribution in [0.4, 0.5) is 8.78 Å². The molecule has 0 radical (unpaired) electrons. The highest BCUT2D eigenvalue weighted by Crippen LogP contribution is 2.10. The molecule has 10 heavy (non-hydrogen) atoms. The van der Waals surface area contributed by atoms with E-state index in [9.17, 15) is 8.78 Å². The molecule has 0 saturated carbocycles. The standard InChI is InChI=1S/C5H5ClF2N2/c1-10-5(8)4(7)3(2-6)9-10/h2H2,1H3. The van der Waals surface area contributed by atoms with Gasteiger partial charge in [0.2, 0.25) is 11.8 Å². The van der Waals surface area contributed by atoms with E-state index in [1.165, 1.54) is 7.05 Å². The van der Waals surface area contributed by atoms with Crippen molar-refractivity contribution in [1.29, 1.82) is 0 Å². The second kappa shape index (κ2) is 2.54. The van der Waals surface area contributed by atoms with Gasteiger partial charge in [0.25, 0.3) is 0 Å². The summed E-state index contributed by atoms with van der Waals surface area (Å²) < 4.78 is 25.7. The molecule has 56 valence electrons. The zero-order chi connectivity index (χ0) is 7.72. The van der Waals surface area contributed by atoms with Crippen molar-refractivity contribution in [1.82, 2.24) is 9.78 Å². The number of hydrogen-bond donors (Lipinski definition) is 0. The third-order valence-corrected chi connectivity index (χ3v) is 1.37. The molecular weight excluding hydrogens is 162 g/mol. The van der Waals surface area contributed by atoms with Crippen molar-refractivity contribution in [3.8, 4) is 0 Å². The highest BCUT2D eigenvalue weighted by molar-refractivity contribution is 6.16. The molecule has 0 aliphatic rings. The zero-order valence-corrected chi connectivity index (χ0v) is 5.99. The Balaban J connectivity index is 3.17. The van der Waals surface area contributed by atoms with E-state index in [2.05, 4.69) is 5.10 Å². The van der Waals surface area contributed by atoms with Crippen molar-refractivity contribution >= 4 is 11.6 Å². The van der Waals surface area contributed by atoms with Crippen LogP contribution in [0.15, 0.2) is 0 Å². The van der Waals surface area contributed by atoms with Gasteiger partial charge in [0.1, 0.15) is 5.69 Å². The average Bonchev–Trinajstić information content (AvgIpc) is 2.17. The lowest BCUT2D eigenvalue weighted by Crippen LogP contribution is -1.93. The summed E-state index contributed by atoms with van der Waals surface area (Å²) in [5.41, 5.74) is -0.0540. The van der Waals surface area contributed by atoms with Crippen LogP contribution in [0.3, 0.4) is 0 Å². The fourth-order valence-corrected chi connectivity index (χ4v) is 0.786. The third kappa shape index (κ3) is 0.988. The molecule has 0 bridgehead atoms. The predicted octanol–water partition coefficient (Wildman–Crippen LogP) is 1.44. The molecular formula is C5H5ClF2N2. The number of hydrogen-bond acceptors (Lipinski definition) is 1. The first-order valence-corrected chi connectivity index (χ1v) is 3.13. The number of aromatic nitrogens is 2. The lowest BCUT2D eigenvalue weighted by molar-refractivity contribution is 0.447. The summed E-state index contributed by atoms with van der Waals surface area (Å²) in [5, 5.41) is 3.46. The van der Waals surface area contributed by atoms with Crippen LogP contribution in [0.2, 0.25) is 0 Å². The van der Waals surface area contributed by atoms with Crippen LogP contribution in [-0.4, -0.2) is 9.78 Å². The van der Waals surface area contributed by atoms with Crippen molar-refractivity contribution in [2.45, 2.75) is 5.88 Å². The highest BCUT2D eigenvalue weighted by Gasteiger charge is 2.13. The van der Waals surface area contributed by atoms with Crippen LogP contribution in [0.1, 0.15) is 5.69 Å². The second-order valence-corrected chi connectivity index (χ2v) is 2.08. The first kappa shape index (κ1) is 7.47. The smallest absolute Gasteiger partial charge is 0.240 e. The maximum atomic E-state index is 12.5. The predicted molar refractivity (Wildman–Crippen MR) is 32.7 cm³/mol. The van der Waals surface area contributed by atoms with E-state index in [0.717, 1.165) is 4.68 Å². The summed E-state index contributed by atoms with van der Waals surface area (Å²) in [6.45, 7) is 0. The number of nitrogens with zero attached hydrogens (tertiary/aromatic N) is 2. The molecule has 0 unspecified atom stereocenters. The maximum absolute atomic E-state index is 12.5. The first-order chi connectivity index (χ1) is 4.66. The molecule has 5 heteroatoms. The minimum Gasteiger partial charge on any atom is -0.240 e. The molecule has 0 aromatic carbocycles. The van der Waals surface area contributed by atoms with E-state index in [1.807, 2.05) is 0 Å². The van der Waals surface area contributed by atoms with Gasteiger partial charge in [-0.3, -0.25) is 0 Å². The number of alkyl halides is 1. The Morgan fingerprint density at radius 2 is 2.20 bits per heavy atom. The molecule has 0 atom stereocenters. The molecule has 0 spiro atoms. The highest BCUT2D eigenvalue weighted by atomic mass is 35.5. The van der Waals surface area contributed by atoms with Gasteiger partial charge >= 0.3 is 0 Å². The number of rotatable bonds is 1. The van der Waals surface area contributed by atoms with Crippen LogP contribution < -0.4 is 0 Å². The van der Waals surface area contributed by atoms with Crippen LogP contribution >= 0.6 is 11.6 Å². The van der Waals surface area contributed by atoms with Gasteiger partial charge in [-0.05, 0) is 0 Å².